The second-order valence-electron chi connectivity index (χ2n) is 7.16. The van der Waals surface area contributed by atoms with E-state index in [0.717, 1.165) is 36.3 Å². The molecule has 0 radical (unpaired) electrons. The maximum absolute atomic E-state index is 5.54. The van der Waals surface area contributed by atoms with Crippen LogP contribution in [-0.4, -0.2) is 41.1 Å². The lowest BCUT2D eigenvalue weighted by molar-refractivity contribution is 0.212. The second-order valence-corrected chi connectivity index (χ2v) is 7.89. The molecular weight excluding hydrogens is 358 g/mol. The van der Waals surface area contributed by atoms with E-state index in [0.29, 0.717) is 17.9 Å². The molecule has 1 heterocycles. The number of ether oxygens (including phenoxy) is 2. The van der Waals surface area contributed by atoms with Crippen molar-refractivity contribution in [2.45, 2.75) is 63.7 Å². The van der Waals surface area contributed by atoms with Crippen molar-refractivity contribution in [3.63, 3.8) is 0 Å². The fraction of sp³-hybridized carbons (Fsp3) is 0.619. The van der Waals surface area contributed by atoms with Gasteiger partial charge < -0.3 is 9.47 Å². The van der Waals surface area contributed by atoms with Crippen LogP contribution in [0.1, 0.15) is 57.7 Å². The van der Waals surface area contributed by atoms with Gasteiger partial charge in [0.15, 0.2) is 0 Å². The predicted molar refractivity (Wildman–Crippen MR) is 113 cm³/mol. The minimum Gasteiger partial charge on any atom is -0.496 e. The molecular formula is C21H33N3O2S. The number of aromatic nitrogens is 3. The maximum Gasteiger partial charge on any atom is 0.124 e. The molecule has 1 fully saturated rings. The van der Waals surface area contributed by atoms with Crippen LogP contribution in [0.15, 0.2) is 41.3 Å². The van der Waals surface area contributed by atoms with Gasteiger partial charge in [0.25, 0.3) is 0 Å². The Hall–Kier alpha value is -1.53. The van der Waals surface area contributed by atoms with E-state index in [-0.39, 0.29) is 0 Å². The number of hydrogen-bond donors (Lipinski definition) is 1. The van der Waals surface area contributed by atoms with Gasteiger partial charge >= 0.3 is 0 Å². The molecule has 0 amide bonds. The van der Waals surface area contributed by atoms with E-state index >= 15 is 0 Å². The molecule has 0 spiro atoms. The highest BCUT2D eigenvalue weighted by Crippen LogP contribution is 2.30. The lowest BCUT2D eigenvalue weighted by Gasteiger charge is -2.25. The molecule has 0 unspecified atom stereocenters. The Morgan fingerprint density at radius 3 is 2.81 bits per heavy atom. The Morgan fingerprint density at radius 1 is 1.33 bits per heavy atom. The first-order valence-electron chi connectivity index (χ1n) is 9.75. The first kappa shape index (κ1) is 21.8. The van der Waals surface area contributed by atoms with E-state index < -0.39 is 0 Å². The summed E-state index contributed by atoms with van der Waals surface area (Å²) in [6.45, 7) is 4.75. The summed E-state index contributed by atoms with van der Waals surface area (Å²) in [5.74, 6) is 0.837. The van der Waals surface area contributed by atoms with Crippen LogP contribution >= 0.6 is 12.6 Å². The molecule has 0 bridgehead atoms. The highest BCUT2D eigenvalue weighted by atomic mass is 32.1. The normalized spacial score (nSPS) is 22.2. The molecule has 0 aliphatic heterocycles. The van der Waals surface area contributed by atoms with Gasteiger partial charge in [-0.15, -0.1) is 5.10 Å². The van der Waals surface area contributed by atoms with Crippen LogP contribution in [0.2, 0.25) is 0 Å². The van der Waals surface area contributed by atoms with E-state index in [4.69, 9.17) is 9.47 Å². The van der Waals surface area contributed by atoms with Crippen LogP contribution in [0.5, 0.6) is 0 Å². The van der Waals surface area contributed by atoms with Gasteiger partial charge in [-0.25, -0.2) is 4.68 Å². The van der Waals surface area contributed by atoms with Crippen LogP contribution in [0.3, 0.4) is 0 Å². The van der Waals surface area contributed by atoms with Gasteiger partial charge in [-0.1, -0.05) is 36.3 Å². The number of rotatable bonds is 9. The molecule has 0 saturated heterocycles. The van der Waals surface area contributed by atoms with Crippen LogP contribution in [0.4, 0.5) is 0 Å². The van der Waals surface area contributed by atoms with Crippen molar-refractivity contribution in [2.75, 3.05) is 20.8 Å². The second kappa shape index (κ2) is 11.3. The third-order valence-electron chi connectivity index (χ3n) is 4.82. The van der Waals surface area contributed by atoms with Gasteiger partial charge in [0.1, 0.15) is 5.76 Å². The van der Waals surface area contributed by atoms with E-state index in [9.17, 15) is 0 Å². The van der Waals surface area contributed by atoms with Crippen molar-refractivity contribution in [1.82, 2.24) is 15.0 Å². The first-order valence-corrected chi connectivity index (χ1v) is 10.3. The molecule has 1 aliphatic carbocycles. The van der Waals surface area contributed by atoms with E-state index in [2.05, 4.69) is 55.1 Å². The average Bonchev–Trinajstić information content (AvgIpc) is 3.11. The number of methoxy groups -OCH3 is 2. The van der Waals surface area contributed by atoms with E-state index in [1.807, 2.05) is 10.8 Å². The summed E-state index contributed by atoms with van der Waals surface area (Å²) in [5.41, 5.74) is 3.27. The van der Waals surface area contributed by atoms with Crippen LogP contribution in [0.25, 0.3) is 0 Å². The lowest BCUT2D eigenvalue weighted by atomic mass is 9.95. The van der Waals surface area contributed by atoms with Gasteiger partial charge in [-0.05, 0) is 38.7 Å². The summed E-state index contributed by atoms with van der Waals surface area (Å²) in [5, 5.41) is 9.20. The smallest absolute Gasteiger partial charge is 0.124 e. The molecule has 2 atom stereocenters. The van der Waals surface area contributed by atoms with Crippen molar-refractivity contribution >= 4 is 12.6 Å². The molecule has 2 rings (SSSR count). The zero-order chi connectivity index (χ0) is 19.6. The molecule has 1 saturated carbocycles. The zero-order valence-electron chi connectivity index (χ0n) is 17.0. The van der Waals surface area contributed by atoms with E-state index in [1.165, 1.54) is 24.8 Å². The molecule has 0 N–H and O–H groups in total. The van der Waals surface area contributed by atoms with Crippen LogP contribution < -0.4 is 0 Å². The van der Waals surface area contributed by atoms with Crippen molar-refractivity contribution in [2.24, 2.45) is 0 Å². The topological polar surface area (TPSA) is 49.2 Å². The Bertz CT molecular complexity index is 679. The molecule has 6 heteroatoms. The van der Waals surface area contributed by atoms with Gasteiger partial charge in [0.05, 0.1) is 25.5 Å². The number of hydrogen-bond acceptors (Lipinski definition) is 5. The first-order chi connectivity index (χ1) is 13.1. The Labute approximate surface area is 168 Å². The third-order valence-corrected chi connectivity index (χ3v) is 5.29. The lowest BCUT2D eigenvalue weighted by Crippen LogP contribution is -2.19. The number of nitrogens with zero attached hydrogens (tertiary/aromatic N) is 3. The van der Waals surface area contributed by atoms with Crippen LogP contribution in [-0.2, 0) is 15.9 Å². The quantitative estimate of drug-likeness (QED) is 0.377. The zero-order valence-corrected chi connectivity index (χ0v) is 17.9. The van der Waals surface area contributed by atoms with Gasteiger partial charge in [-0.2, -0.15) is 12.6 Å². The summed E-state index contributed by atoms with van der Waals surface area (Å²) in [4.78, 5) is 0. The Morgan fingerprint density at radius 2 is 2.15 bits per heavy atom. The average molecular weight is 392 g/mol. The summed E-state index contributed by atoms with van der Waals surface area (Å²) in [6.07, 6.45) is 14.7. The van der Waals surface area contributed by atoms with E-state index in [1.54, 1.807) is 14.2 Å². The number of allylic oxidation sites excluding steroid dienone is 4. The van der Waals surface area contributed by atoms with Gasteiger partial charge in [-0.3, -0.25) is 0 Å². The van der Waals surface area contributed by atoms with Crippen molar-refractivity contribution < 1.29 is 9.47 Å². The fourth-order valence-corrected chi connectivity index (χ4v) is 3.88. The summed E-state index contributed by atoms with van der Waals surface area (Å²) < 4.78 is 12.8. The van der Waals surface area contributed by atoms with Gasteiger partial charge in [0, 0.05) is 30.6 Å². The van der Waals surface area contributed by atoms with Crippen molar-refractivity contribution in [3.8, 4) is 0 Å². The van der Waals surface area contributed by atoms with Crippen molar-refractivity contribution in [1.29, 1.82) is 0 Å². The molecule has 27 heavy (non-hydrogen) atoms. The minimum absolute atomic E-state index is 0.433. The highest BCUT2D eigenvalue weighted by Gasteiger charge is 2.21. The molecule has 0 aromatic carbocycles. The van der Waals surface area contributed by atoms with Crippen molar-refractivity contribution in [3.05, 3.63) is 47.0 Å². The summed E-state index contributed by atoms with van der Waals surface area (Å²) >= 11 is 4.63. The molecule has 5 nitrogen and oxygen atoms in total. The van der Waals surface area contributed by atoms with Crippen LogP contribution in [0, 0.1) is 0 Å². The highest BCUT2D eigenvalue weighted by molar-refractivity contribution is 7.80. The molecule has 1 aromatic rings. The SMILES string of the molecule is CC/C=C(COC)\C(=C/C=C(C)Cc1cn([C@H]2CCC[C@@H](S)C2)nn1)OC. The fourth-order valence-electron chi connectivity index (χ4n) is 3.45. The predicted octanol–water partition coefficient (Wildman–Crippen LogP) is 4.69. The monoisotopic (exact) mass is 391 g/mol. The summed E-state index contributed by atoms with van der Waals surface area (Å²) in [6, 6.07) is 0.433. The standard InChI is InChI=1S/C21H33N3O2S/c1-5-7-17(15-25-3)21(26-4)11-10-16(2)12-18-14-24(23-22-18)19-8-6-9-20(27)13-19/h7,10-11,14,19-20,27H,5-6,8-9,12-13,15H2,1-4H3/b16-10?,17-7-,21-11+/t19-,20+/m0/s1. The summed E-state index contributed by atoms with van der Waals surface area (Å²) in [7, 11) is 3.39. The molecule has 150 valence electrons. The maximum atomic E-state index is 5.54. The molecule has 1 aliphatic rings. The minimum atomic E-state index is 0.433. The Kier molecular flexibility index (Phi) is 9.15. The molecule has 1 aromatic heterocycles. The third kappa shape index (κ3) is 6.85. The van der Waals surface area contributed by atoms with Gasteiger partial charge in [0.2, 0.25) is 0 Å². The number of thiol groups is 1. The largest absolute Gasteiger partial charge is 0.496 e. The Balaban J connectivity index is 2.03.